The fourth-order valence-corrected chi connectivity index (χ4v) is 2.10. The lowest BCUT2D eigenvalue weighted by Crippen LogP contribution is -2.28. The molecule has 2 rings (SSSR count). The second kappa shape index (κ2) is 4.13. The average Bonchev–Trinajstić information content (AvgIpc) is 2.27. The van der Waals surface area contributed by atoms with E-state index >= 15 is 0 Å². The molecular weight excluding hydrogens is 244 g/mol. The molecule has 1 unspecified atom stereocenters. The zero-order valence-electron chi connectivity index (χ0n) is 7.70. The van der Waals surface area contributed by atoms with E-state index in [2.05, 4.69) is 15.9 Å². The number of halogens is 1. The van der Waals surface area contributed by atoms with Gasteiger partial charge in [0.15, 0.2) is 0 Å². The van der Waals surface area contributed by atoms with Crippen molar-refractivity contribution in [1.29, 1.82) is 0 Å². The average molecular weight is 255 g/mol. The maximum absolute atomic E-state index is 11.4. The van der Waals surface area contributed by atoms with E-state index in [1.54, 1.807) is 0 Å². The standard InChI is InChI=1S/C11H11BrO2/c12-6-10(13)9-5-8-3-1-2-4-11(8)14-7-9/h1-4,9H,5-7H2. The van der Waals surface area contributed by atoms with E-state index in [4.69, 9.17) is 4.74 Å². The second-order valence-electron chi connectivity index (χ2n) is 3.42. The number of hydrogen-bond donors (Lipinski definition) is 0. The summed E-state index contributed by atoms with van der Waals surface area (Å²) in [6.45, 7) is 0.515. The molecule has 0 saturated heterocycles. The zero-order chi connectivity index (χ0) is 9.97. The zero-order valence-corrected chi connectivity index (χ0v) is 9.29. The number of carbonyl (C=O) groups excluding carboxylic acids is 1. The highest BCUT2D eigenvalue weighted by atomic mass is 79.9. The Labute approximate surface area is 91.4 Å². The molecule has 0 aliphatic carbocycles. The Kier molecular flexibility index (Phi) is 2.87. The van der Waals surface area contributed by atoms with Crippen LogP contribution in [0.25, 0.3) is 0 Å². The molecule has 14 heavy (non-hydrogen) atoms. The second-order valence-corrected chi connectivity index (χ2v) is 3.98. The third-order valence-corrected chi connectivity index (χ3v) is 3.02. The van der Waals surface area contributed by atoms with E-state index in [0.29, 0.717) is 11.9 Å². The number of ketones is 1. The van der Waals surface area contributed by atoms with E-state index in [-0.39, 0.29) is 11.7 Å². The minimum absolute atomic E-state index is 0.0178. The Morgan fingerprint density at radius 1 is 1.50 bits per heavy atom. The molecule has 1 aliphatic rings. The number of fused-ring (bicyclic) bond motifs is 1. The number of rotatable bonds is 2. The first-order chi connectivity index (χ1) is 6.81. The van der Waals surface area contributed by atoms with Crippen molar-refractivity contribution in [2.45, 2.75) is 6.42 Å². The van der Waals surface area contributed by atoms with E-state index in [9.17, 15) is 4.79 Å². The van der Waals surface area contributed by atoms with Crippen LogP contribution in [-0.4, -0.2) is 17.7 Å². The van der Waals surface area contributed by atoms with Crippen LogP contribution in [0.3, 0.4) is 0 Å². The van der Waals surface area contributed by atoms with Gasteiger partial charge in [0.05, 0.1) is 17.9 Å². The third kappa shape index (κ3) is 1.82. The van der Waals surface area contributed by atoms with Crippen LogP contribution in [-0.2, 0) is 11.2 Å². The van der Waals surface area contributed by atoms with Gasteiger partial charge in [-0.25, -0.2) is 0 Å². The first-order valence-corrected chi connectivity index (χ1v) is 5.73. The van der Waals surface area contributed by atoms with E-state index in [1.807, 2.05) is 24.3 Å². The highest BCUT2D eigenvalue weighted by molar-refractivity contribution is 9.09. The molecular formula is C11H11BrO2. The van der Waals surface area contributed by atoms with Crippen LogP contribution < -0.4 is 4.74 Å². The minimum Gasteiger partial charge on any atom is -0.493 e. The molecule has 74 valence electrons. The quantitative estimate of drug-likeness (QED) is 0.757. The Hall–Kier alpha value is -0.830. The smallest absolute Gasteiger partial charge is 0.150 e. The maximum Gasteiger partial charge on any atom is 0.150 e. The third-order valence-electron chi connectivity index (χ3n) is 2.47. The van der Waals surface area contributed by atoms with E-state index in [0.717, 1.165) is 17.7 Å². The van der Waals surface area contributed by atoms with Crippen LogP contribution in [0, 0.1) is 5.92 Å². The number of alkyl halides is 1. The van der Waals surface area contributed by atoms with Gasteiger partial charge >= 0.3 is 0 Å². The molecule has 0 spiro atoms. The van der Waals surface area contributed by atoms with Gasteiger partial charge in [-0.05, 0) is 18.1 Å². The first-order valence-electron chi connectivity index (χ1n) is 4.60. The number of carbonyl (C=O) groups is 1. The largest absolute Gasteiger partial charge is 0.493 e. The van der Waals surface area contributed by atoms with Crippen molar-refractivity contribution in [3.63, 3.8) is 0 Å². The summed E-state index contributed by atoms with van der Waals surface area (Å²) in [6, 6.07) is 7.89. The van der Waals surface area contributed by atoms with Crippen LogP contribution in [0.4, 0.5) is 0 Å². The van der Waals surface area contributed by atoms with Gasteiger partial charge in [-0.3, -0.25) is 4.79 Å². The van der Waals surface area contributed by atoms with Crippen molar-refractivity contribution >= 4 is 21.7 Å². The molecule has 0 bridgehead atoms. The Balaban J connectivity index is 2.17. The van der Waals surface area contributed by atoms with Crippen molar-refractivity contribution in [2.75, 3.05) is 11.9 Å². The summed E-state index contributed by atoms with van der Waals surface area (Å²) in [5, 5.41) is 0.420. The lowest BCUT2D eigenvalue weighted by molar-refractivity contribution is -0.121. The number of ether oxygens (including phenoxy) is 1. The van der Waals surface area contributed by atoms with Gasteiger partial charge in [-0.2, -0.15) is 0 Å². The lowest BCUT2D eigenvalue weighted by Gasteiger charge is -2.23. The summed E-state index contributed by atoms with van der Waals surface area (Å²) < 4.78 is 5.52. The molecule has 0 aromatic heterocycles. The van der Waals surface area contributed by atoms with Gasteiger partial charge in [0, 0.05) is 0 Å². The van der Waals surface area contributed by atoms with Crippen molar-refractivity contribution < 1.29 is 9.53 Å². The molecule has 1 atom stereocenters. The summed E-state index contributed by atoms with van der Waals surface area (Å²) >= 11 is 3.19. The molecule has 1 heterocycles. The van der Waals surface area contributed by atoms with Gasteiger partial charge in [0.25, 0.3) is 0 Å². The van der Waals surface area contributed by atoms with Gasteiger partial charge in [-0.15, -0.1) is 0 Å². The SMILES string of the molecule is O=C(CBr)C1COc2ccccc2C1. The van der Waals surface area contributed by atoms with E-state index < -0.39 is 0 Å². The van der Waals surface area contributed by atoms with Crippen LogP contribution in [0.1, 0.15) is 5.56 Å². The molecule has 0 saturated carbocycles. The van der Waals surface area contributed by atoms with Gasteiger partial charge in [0.2, 0.25) is 0 Å². The minimum atomic E-state index is 0.0178. The number of para-hydroxylation sites is 1. The lowest BCUT2D eigenvalue weighted by atomic mass is 9.94. The maximum atomic E-state index is 11.4. The molecule has 1 aromatic carbocycles. The fourth-order valence-electron chi connectivity index (χ4n) is 1.64. The normalized spacial score (nSPS) is 19.6. The molecule has 1 aromatic rings. The number of benzene rings is 1. The number of hydrogen-bond acceptors (Lipinski definition) is 2. The molecule has 0 fully saturated rings. The molecule has 0 N–H and O–H groups in total. The summed E-state index contributed by atoms with van der Waals surface area (Å²) in [7, 11) is 0. The highest BCUT2D eigenvalue weighted by Gasteiger charge is 2.24. The van der Waals surface area contributed by atoms with Crippen molar-refractivity contribution in [3.05, 3.63) is 29.8 Å². The van der Waals surface area contributed by atoms with Crippen molar-refractivity contribution in [2.24, 2.45) is 5.92 Å². The van der Waals surface area contributed by atoms with Crippen LogP contribution in [0.5, 0.6) is 5.75 Å². The van der Waals surface area contributed by atoms with Crippen LogP contribution in [0.2, 0.25) is 0 Å². The molecule has 0 amide bonds. The molecule has 1 aliphatic heterocycles. The molecule has 0 radical (unpaired) electrons. The van der Waals surface area contributed by atoms with Crippen LogP contribution in [0.15, 0.2) is 24.3 Å². The van der Waals surface area contributed by atoms with Crippen LogP contribution >= 0.6 is 15.9 Å². The predicted molar refractivity (Wildman–Crippen MR) is 57.9 cm³/mol. The van der Waals surface area contributed by atoms with Gasteiger partial charge < -0.3 is 4.74 Å². The Morgan fingerprint density at radius 3 is 3.07 bits per heavy atom. The monoisotopic (exact) mass is 254 g/mol. The highest BCUT2D eigenvalue weighted by Crippen LogP contribution is 2.27. The van der Waals surface area contributed by atoms with Gasteiger partial charge in [0.1, 0.15) is 11.5 Å². The van der Waals surface area contributed by atoms with Gasteiger partial charge in [-0.1, -0.05) is 34.1 Å². The molecule has 2 nitrogen and oxygen atoms in total. The summed E-state index contributed by atoms with van der Waals surface area (Å²) in [4.78, 5) is 11.4. The predicted octanol–water partition coefficient (Wildman–Crippen LogP) is 2.20. The summed E-state index contributed by atoms with van der Waals surface area (Å²) in [5.41, 5.74) is 1.14. The van der Waals surface area contributed by atoms with Crippen molar-refractivity contribution in [3.8, 4) is 5.75 Å². The molecule has 3 heteroatoms. The Morgan fingerprint density at radius 2 is 2.29 bits per heavy atom. The first kappa shape index (κ1) is 9.71. The van der Waals surface area contributed by atoms with Crippen molar-refractivity contribution in [1.82, 2.24) is 0 Å². The summed E-state index contributed by atoms with van der Waals surface area (Å²) in [6.07, 6.45) is 0.806. The van der Waals surface area contributed by atoms with E-state index in [1.165, 1.54) is 0 Å². The fraction of sp³-hybridized carbons (Fsp3) is 0.364. The topological polar surface area (TPSA) is 26.3 Å². The Bertz CT molecular complexity index is 349. The summed E-state index contributed by atoms with van der Waals surface area (Å²) in [5.74, 6) is 1.16. The number of Topliss-reactive ketones (excluding diaryl/α,β-unsaturated/α-hetero) is 1.